The Balaban J connectivity index is 1.85. The predicted molar refractivity (Wildman–Crippen MR) is 159 cm³/mol. The van der Waals surface area contributed by atoms with E-state index in [0.29, 0.717) is 6.07 Å². The Hall–Kier alpha value is -2.72. The smallest absolute Gasteiger partial charge is 0.383 e. The summed E-state index contributed by atoms with van der Waals surface area (Å²) in [6, 6.07) is 1.23. The van der Waals surface area contributed by atoms with Crippen molar-refractivity contribution in [3.63, 3.8) is 0 Å². The maximum atomic E-state index is 15.2. The summed E-state index contributed by atoms with van der Waals surface area (Å²) in [4.78, 5) is 33.7. The summed E-state index contributed by atoms with van der Waals surface area (Å²) in [5.74, 6) is -2.11. The maximum Gasteiger partial charge on any atom is 0.417 e. The lowest BCUT2D eigenvalue weighted by Crippen LogP contribution is -2.58. The third kappa shape index (κ3) is 5.19. The van der Waals surface area contributed by atoms with Gasteiger partial charge >= 0.3 is 11.9 Å². The number of carbonyl (C=O) groups excluding carboxylic acids is 1. The number of aromatic nitrogens is 2. The van der Waals surface area contributed by atoms with Crippen LogP contribution in [0.2, 0.25) is 0 Å². The Labute approximate surface area is 255 Å². The molecule has 3 atom stereocenters. The van der Waals surface area contributed by atoms with Gasteiger partial charge in [0.1, 0.15) is 17.5 Å². The molecule has 42 heavy (non-hydrogen) atoms. The minimum Gasteiger partial charge on any atom is -0.383 e. The van der Waals surface area contributed by atoms with Crippen LogP contribution >= 0.6 is 34.4 Å². The van der Waals surface area contributed by atoms with Crippen LogP contribution in [0.1, 0.15) is 25.5 Å². The van der Waals surface area contributed by atoms with E-state index in [9.17, 15) is 27.2 Å². The van der Waals surface area contributed by atoms with Gasteiger partial charge in [0.05, 0.1) is 23.7 Å². The first kappa shape index (κ1) is 30.7. The summed E-state index contributed by atoms with van der Waals surface area (Å²) in [5, 5.41) is 0.0640. The molecule has 7 nitrogen and oxygen atoms in total. The number of carbonyl (C=O) groups is 1. The molecule has 224 valence electrons. The van der Waals surface area contributed by atoms with Crippen molar-refractivity contribution in [3.05, 3.63) is 62.1 Å². The summed E-state index contributed by atoms with van der Waals surface area (Å²) >= 11 is 2.66. The van der Waals surface area contributed by atoms with Gasteiger partial charge in [-0.15, -0.1) is 11.8 Å². The van der Waals surface area contributed by atoms with Gasteiger partial charge in [0, 0.05) is 69.1 Å². The number of hydrogen-bond acceptors (Lipinski definition) is 6. The second-order valence-electron chi connectivity index (χ2n) is 10.3. The Morgan fingerprint density at radius 2 is 1.86 bits per heavy atom. The number of amides is 1. The molecule has 0 spiro atoms. The normalized spacial score (nSPS) is 20.7. The summed E-state index contributed by atoms with van der Waals surface area (Å²) in [7, 11) is 1.45. The predicted octanol–water partition coefficient (Wildman–Crippen LogP) is 5.87. The third-order valence-electron chi connectivity index (χ3n) is 7.52. The van der Waals surface area contributed by atoms with E-state index in [1.807, 2.05) is 0 Å². The quantitative estimate of drug-likeness (QED) is 0.142. The van der Waals surface area contributed by atoms with Crippen LogP contribution in [0.3, 0.4) is 0 Å². The average Bonchev–Trinajstić information content (AvgIpc) is 2.91. The monoisotopic (exact) mass is 720 g/mol. The Bertz CT molecular complexity index is 1650. The molecule has 2 aliphatic heterocycles. The van der Waals surface area contributed by atoms with E-state index in [2.05, 4.69) is 11.6 Å². The van der Waals surface area contributed by atoms with Gasteiger partial charge in [-0.1, -0.05) is 6.58 Å². The first-order valence-corrected chi connectivity index (χ1v) is 15.0. The number of anilines is 1. The van der Waals surface area contributed by atoms with Crippen molar-refractivity contribution < 1.29 is 31.5 Å². The number of piperazine rings is 1. The van der Waals surface area contributed by atoms with E-state index >= 15 is 4.39 Å². The van der Waals surface area contributed by atoms with Crippen molar-refractivity contribution in [2.75, 3.05) is 37.5 Å². The molecule has 1 amide bonds. The zero-order valence-electron chi connectivity index (χ0n) is 22.8. The molecule has 0 saturated carbocycles. The molecule has 0 N–H and O–H groups in total. The first-order chi connectivity index (χ1) is 19.8. The summed E-state index contributed by atoms with van der Waals surface area (Å²) in [5.41, 5.74) is -2.52. The molecule has 0 radical (unpaired) electrons. The zero-order chi connectivity index (χ0) is 30.7. The van der Waals surface area contributed by atoms with Crippen LogP contribution < -0.4 is 10.6 Å². The van der Waals surface area contributed by atoms with Gasteiger partial charge in [0.25, 0.3) is 0 Å². The topological polar surface area (TPSA) is 67.7 Å². The van der Waals surface area contributed by atoms with Crippen molar-refractivity contribution in [2.24, 2.45) is 0 Å². The van der Waals surface area contributed by atoms with Gasteiger partial charge in [-0.25, -0.2) is 13.6 Å². The Morgan fingerprint density at radius 3 is 2.45 bits per heavy atom. The maximum absolute atomic E-state index is 15.2. The third-order valence-corrected chi connectivity index (χ3v) is 9.59. The van der Waals surface area contributed by atoms with E-state index in [1.54, 1.807) is 46.2 Å². The molecule has 1 fully saturated rings. The van der Waals surface area contributed by atoms with Crippen LogP contribution in [0.4, 0.5) is 27.8 Å². The molecular formula is C28H26F5IN4O3S. The standard InChI is InChI=1S/C28H26F5IN4O3S/c1-5-22(39)37-13(2)9-36(10-14(37)3)26-17-6-18(28(31,32)33)23(16-7-21(34)20(30)8-19(16)29)25-24(17)38(27(40)35-26)15(11-41-4)12-42-25/h5-8,13-15H,1,9-12H2,2-4H3/t13-,14+,15-/m0/s1. The fourth-order valence-corrected chi connectivity index (χ4v) is 7.67. The molecule has 3 heterocycles. The van der Waals surface area contributed by atoms with Gasteiger partial charge in [0.2, 0.25) is 5.91 Å². The van der Waals surface area contributed by atoms with Crippen LogP contribution in [-0.4, -0.2) is 65.0 Å². The molecule has 5 rings (SSSR count). The number of ether oxygens (including phenoxy) is 1. The largest absolute Gasteiger partial charge is 0.417 e. The number of thioether (sulfide) groups is 1. The Kier molecular flexibility index (Phi) is 8.35. The van der Waals surface area contributed by atoms with Crippen LogP contribution in [-0.2, 0) is 15.7 Å². The molecular weight excluding hydrogens is 694 g/mol. The van der Waals surface area contributed by atoms with E-state index in [0.717, 1.165) is 23.9 Å². The molecule has 0 bridgehead atoms. The average molecular weight is 721 g/mol. The molecule has 1 saturated heterocycles. The first-order valence-electron chi connectivity index (χ1n) is 12.9. The van der Waals surface area contributed by atoms with Crippen LogP contribution in [0.15, 0.2) is 40.5 Å². The minimum atomic E-state index is -4.93. The molecule has 2 aliphatic rings. The second kappa shape index (κ2) is 11.4. The minimum absolute atomic E-state index is 0.0433. The van der Waals surface area contributed by atoms with Crippen molar-refractivity contribution in [1.82, 2.24) is 14.5 Å². The molecule has 0 unspecified atom stereocenters. The Morgan fingerprint density at radius 1 is 1.19 bits per heavy atom. The number of rotatable bonds is 5. The highest BCUT2D eigenvalue weighted by Gasteiger charge is 2.41. The van der Waals surface area contributed by atoms with Crippen molar-refractivity contribution in [3.8, 4) is 11.1 Å². The lowest BCUT2D eigenvalue weighted by atomic mass is 9.95. The molecule has 0 aliphatic carbocycles. The van der Waals surface area contributed by atoms with Gasteiger partial charge in [0.15, 0.2) is 0 Å². The van der Waals surface area contributed by atoms with Crippen LogP contribution in [0.5, 0.6) is 0 Å². The van der Waals surface area contributed by atoms with Crippen molar-refractivity contribution in [1.29, 1.82) is 0 Å². The molecule has 1 aromatic heterocycles. The van der Waals surface area contributed by atoms with Crippen molar-refractivity contribution >= 4 is 57.0 Å². The highest BCUT2D eigenvalue weighted by Crippen LogP contribution is 2.50. The number of halogens is 6. The number of benzene rings is 2. The SMILES string of the molecule is C=CC(=O)N1[C@H](C)CN(c2nc(=O)n3c4c(c(-c5cc(I)c(F)cc5F)c(C(F)(F)F)cc24)SC[C@@H]3COC)C[C@@H]1C. The summed E-state index contributed by atoms with van der Waals surface area (Å²) < 4.78 is 80.3. The highest BCUT2D eigenvalue weighted by molar-refractivity contribution is 14.1. The number of nitrogens with zero attached hydrogens (tertiary/aromatic N) is 4. The van der Waals surface area contributed by atoms with E-state index in [4.69, 9.17) is 4.74 Å². The number of alkyl halides is 3. The summed E-state index contributed by atoms with van der Waals surface area (Å²) in [6.45, 7) is 7.64. The molecule has 14 heteroatoms. The molecule has 2 aromatic carbocycles. The fraction of sp³-hybridized carbons (Fsp3) is 0.393. The van der Waals surface area contributed by atoms with Gasteiger partial charge in [-0.2, -0.15) is 18.2 Å². The number of hydrogen-bond donors (Lipinski definition) is 0. The highest BCUT2D eigenvalue weighted by atomic mass is 127. The zero-order valence-corrected chi connectivity index (χ0v) is 25.7. The van der Waals surface area contributed by atoms with Crippen LogP contribution in [0.25, 0.3) is 22.0 Å². The van der Waals surface area contributed by atoms with Gasteiger partial charge in [-0.3, -0.25) is 9.36 Å². The van der Waals surface area contributed by atoms with E-state index < -0.39 is 46.2 Å². The van der Waals surface area contributed by atoms with Crippen molar-refractivity contribution in [2.45, 2.75) is 43.0 Å². The van der Waals surface area contributed by atoms with Gasteiger partial charge < -0.3 is 14.5 Å². The summed E-state index contributed by atoms with van der Waals surface area (Å²) in [6.07, 6.45) is -3.72. The van der Waals surface area contributed by atoms with E-state index in [-0.39, 0.29) is 68.6 Å². The van der Waals surface area contributed by atoms with E-state index in [1.165, 1.54) is 17.8 Å². The molecule has 3 aromatic rings. The lowest BCUT2D eigenvalue weighted by Gasteiger charge is -2.45. The second-order valence-corrected chi connectivity index (χ2v) is 12.5. The fourth-order valence-electron chi connectivity index (χ4n) is 5.89. The van der Waals surface area contributed by atoms with Crippen LogP contribution in [0, 0.1) is 15.2 Å². The van der Waals surface area contributed by atoms with Gasteiger partial charge in [-0.05, 0) is 54.6 Å². The number of methoxy groups -OCH3 is 1. The lowest BCUT2D eigenvalue weighted by molar-refractivity contribution is -0.137.